The van der Waals surface area contributed by atoms with E-state index >= 15 is 0 Å². The first-order valence-electron chi connectivity index (χ1n) is 13.0. The quantitative estimate of drug-likeness (QED) is 0.361. The zero-order valence-corrected chi connectivity index (χ0v) is 22.4. The van der Waals surface area contributed by atoms with Crippen molar-refractivity contribution < 1.29 is 14.3 Å². The number of carbonyl (C=O) groups excluding carboxylic acids is 2. The van der Waals surface area contributed by atoms with Gasteiger partial charge in [0, 0.05) is 62.9 Å². The van der Waals surface area contributed by atoms with Crippen LogP contribution >= 0.6 is 0 Å². The Kier molecular flexibility index (Phi) is 7.79. The zero-order valence-electron chi connectivity index (χ0n) is 22.4. The lowest BCUT2D eigenvalue weighted by molar-refractivity contribution is -0.136. The topological polar surface area (TPSA) is 109 Å². The molecular weight excluding hydrogens is 492 g/mol. The van der Waals surface area contributed by atoms with E-state index in [0.29, 0.717) is 25.2 Å². The minimum absolute atomic E-state index is 0.00226. The molecule has 1 aliphatic rings. The van der Waals surface area contributed by atoms with Gasteiger partial charge in [0.25, 0.3) is 5.91 Å². The minimum atomic E-state index is -0.129. The molecule has 4 aromatic rings. The molecule has 200 valence electrons. The van der Waals surface area contributed by atoms with Gasteiger partial charge in [0.15, 0.2) is 0 Å². The second-order valence-corrected chi connectivity index (χ2v) is 9.73. The van der Waals surface area contributed by atoms with Crippen LogP contribution in [0.15, 0.2) is 61.1 Å². The Bertz CT molecular complexity index is 1520. The van der Waals surface area contributed by atoms with Gasteiger partial charge in [-0.15, -0.1) is 0 Å². The van der Waals surface area contributed by atoms with Gasteiger partial charge < -0.3 is 20.3 Å². The molecule has 3 heterocycles. The highest BCUT2D eigenvalue weighted by molar-refractivity contribution is 6.06. The van der Waals surface area contributed by atoms with Gasteiger partial charge in [0.05, 0.1) is 16.8 Å². The van der Waals surface area contributed by atoms with Crippen LogP contribution in [0.3, 0.4) is 0 Å². The van der Waals surface area contributed by atoms with Crippen molar-refractivity contribution in [2.75, 3.05) is 39.2 Å². The Morgan fingerprint density at radius 3 is 2.77 bits per heavy atom. The van der Waals surface area contributed by atoms with E-state index in [1.165, 1.54) is 12.7 Å². The summed E-state index contributed by atoms with van der Waals surface area (Å²) in [6.07, 6.45) is 4.07. The van der Waals surface area contributed by atoms with Gasteiger partial charge in [-0.2, -0.15) is 0 Å². The number of carbonyl (C=O) groups is 2. The molecule has 9 heteroatoms. The van der Waals surface area contributed by atoms with E-state index in [1.54, 1.807) is 25.6 Å². The van der Waals surface area contributed by atoms with Crippen LogP contribution in [0.25, 0.3) is 22.2 Å². The lowest BCUT2D eigenvalue weighted by Crippen LogP contribution is -2.38. The normalized spacial score (nSPS) is 13.6. The smallest absolute Gasteiger partial charge is 0.251 e. The minimum Gasteiger partial charge on any atom is -0.375 e. The van der Waals surface area contributed by atoms with Crippen molar-refractivity contribution >= 4 is 28.5 Å². The van der Waals surface area contributed by atoms with E-state index in [0.717, 1.165) is 45.5 Å². The van der Waals surface area contributed by atoms with Crippen molar-refractivity contribution in [2.45, 2.75) is 25.8 Å². The Morgan fingerprint density at radius 1 is 1.08 bits per heavy atom. The molecule has 2 aromatic heterocycles. The maximum Gasteiger partial charge on any atom is 0.251 e. The number of para-hydroxylation sites is 1. The molecule has 0 spiro atoms. The van der Waals surface area contributed by atoms with E-state index < -0.39 is 0 Å². The van der Waals surface area contributed by atoms with E-state index in [1.807, 2.05) is 23.1 Å². The molecule has 2 aromatic carbocycles. The van der Waals surface area contributed by atoms with E-state index in [9.17, 15) is 9.59 Å². The second kappa shape index (κ2) is 11.6. The third kappa shape index (κ3) is 5.58. The number of fused-ring (bicyclic) bond motifs is 2. The summed E-state index contributed by atoms with van der Waals surface area (Å²) in [5.74, 6) is 0.706. The molecule has 0 fully saturated rings. The van der Waals surface area contributed by atoms with Gasteiger partial charge in [-0.05, 0) is 35.2 Å². The van der Waals surface area contributed by atoms with Crippen LogP contribution in [0.2, 0.25) is 0 Å². The van der Waals surface area contributed by atoms with Crippen molar-refractivity contribution in [3.63, 3.8) is 0 Å². The lowest BCUT2D eigenvalue weighted by atomic mass is 9.95. The SMILES string of the molecule is CNC(=O)c1ccnc2c(C(C)CNc3cc(-c4ccc5c(c4)CN(C(=O)COC)CC5)ncn3)cccc12. The fourth-order valence-electron chi connectivity index (χ4n) is 5.05. The number of nitrogens with one attached hydrogen (secondary N) is 2. The molecule has 2 amide bonds. The largest absolute Gasteiger partial charge is 0.375 e. The number of nitrogens with zero attached hydrogens (tertiary/aromatic N) is 4. The van der Waals surface area contributed by atoms with Crippen molar-refractivity contribution in [1.29, 1.82) is 0 Å². The highest BCUT2D eigenvalue weighted by Crippen LogP contribution is 2.28. The highest BCUT2D eigenvalue weighted by Gasteiger charge is 2.21. The van der Waals surface area contributed by atoms with Gasteiger partial charge in [-0.3, -0.25) is 14.6 Å². The van der Waals surface area contributed by atoms with Crippen molar-refractivity contribution in [3.8, 4) is 11.3 Å². The average Bonchev–Trinajstić information content (AvgIpc) is 2.98. The molecule has 5 rings (SSSR count). The van der Waals surface area contributed by atoms with Crippen molar-refractivity contribution in [2.24, 2.45) is 0 Å². The summed E-state index contributed by atoms with van der Waals surface area (Å²) in [6, 6.07) is 15.9. The lowest BCUT2D eigenvalue weighted by Gasteiger charge is -2.29. The number of amides is 2. The second-order valence-electron chi connectivity index (χ2n) is 9.73. The van der Waals surface area contributed by atoms with Crippen LogP contribution < -0.4 is 10.6 Å². The standard InChI is InChI=1S/C30H32N6O3/c1-19(23-5-4-6-24-25(30(38)31-2)9-11-32-29(23)24)15-33-27-14-26(34-18-35-27)21-8-7-20-10-12-36(16-22(20)13-21)28(37)17-39-3/h4-9,11,13-14,18-19H,10,12,15-17H2,1-3H3,(H,31,38)(H,33,34,35). The molecule has 1 unspecified atom stereocenters. The molecule has 9 nitrogen and oxygen atoms in total. The predicted octanol–water partition coefficient (Wildman–Crippen LogP) is 3.80. The molecule has 0 saturated heterocycles. The van der Waals surface area contributed by atoms with Crippen LogP contribution in [0.4, 0.5) is 5.82 Å². The third-order valence-electron chi connectivity index (χ3n) is 7.20. The number of hydrogen-bond donors (Lipinski definition) is 2. The van der Waals surface area contributed by atoms with Gasteiger partial charge in [-0.25, -0.2) is 9.97 Å². The molecule has 0 saturated carbocycles. The number of rotatable bonds is 8. The van der Waals surface area contributed by atoms with E-state index in [-0.39, 0.29) is 24.3 Å². The molecule has 0 aliphatic carbocycles. The summed E-state index contributed by atoms with van der Waals surface area (Å²) in [4.78, 5) is 40.0. The maximum absolute atomic E-state index is 12.3. The van der Waals surface area contributed by atoms with Crippen LogP contribution in [0, 0.1) is 0 Å². The first kappa shape index (κ1) is 26.2. The molecular formula is C30H32N6O3. The van der Waals surface area contributed by atoms with Crippen LogP contribution in [-0.2, 0) is 22.5 Å². The number of anilines is 1. The predicted molar refractivity (Wildman–Crippen MR) is 151 cm³/mol. The highest BCUT2D eigenvalue weighted by atomic mass is 16.5. The maximum atomic E-state index is 12.3. The zero-order chi connectivity index (χ0) is 27.4. The molecule has 0 radical (unpaired) electrons. The Hall–Kier alpha value is -4.37. The summed E-state index contributed by atoms with van der Waals surface area (Å²) in [5, 5.41) is 6.97. The molecule has 39 heavy (non-hydrogen) atoms. The Morgan fingerprint density at radius 2 is 1.95 bits per heavy atom. The summed E-state index contributed by atoms with van der Waals surface area (Å²) in [7, 11) is 3.17. The van der Waals surface area contributed by atoms with Crippen LogP contribution in [0.5, 0.6) is 0 Å². The summed E-state index contributed by atoms with van der Waals surface area (Å²) >= 11 is 0. The molecule has 0 bridgehead atoms. The summed E-state index contributed by atoms with van der Waals surface area (Å²) in [5.41, 5.74) is 6.67. The summed E-state index contributed by atoms with van der Waals surface area (Å²) in [6.45, 7) is 4.12. The monoisotopic (exact) mass is 524 g/mol. The van der Waals surface area contributed by atoms with Crippen LogP contribution in [-0.4, -0.2) is 65.5 Å². The van der Waals surface area contributed by atoms with Gasteiger partial charge in [-0.1, -0.05) is 37.3 Å². The molecule has 2 N–H and O–H groups in total. The molecule has 1 atom stereocenters. The molecule has 1 aliphatic heterocycles. The number of methoxy groups -OCH3 is 1. The number of hydrogen-bond acceptors (Lipinski definition) is 7. The summed E-state index contributed by atoms with van der Waals surface area (Å²) < 4.78 is 5.02. The van der Waals surface area contributed by atoms with Gasteiger partial charge in [0.2, 0.25) is 5.91 Å². The van der Waals surface area contributed by atoms with Gasteiger partial charge in [0.1, 0.15) is 18.8 Å². The average molecular weight is 525 g/mol. The number of benzene rings is 2. The Labute approximate surface area is 227 Å². The first-order valence-corrected chi connectivity index (χ1v) is 13.0. The fraction of sp³-hybridized carbons (Fsp3) is 0.300. The van der Waals surface area contributed by atoms with E-state index in [4.69, 9.17) is 4.74 Å². The van der Waals surface area contributed by atoms with E-state index in [2.05, 4.69) is 56.8 Å². The van der Waals surface area contributed by atoms with Crippen LogP contribution in [0.1, 0.15) is 39.9 Å². The first-order chi connectivity index (χ1) is 19.0. The fourth-order valence-corrected chi connectivity index (χ4v) is 5.05. The van der Waals surface area contributed by atoms with Gasteiger partial charge >= 0.3 is 0 Å². The third-order valence-corrected chi connectivity index (χ3v) is 7.20. The Balaban J connectivity index is 1.32. The number of aromatic nitrogens is 3. The van der Waals surface area contributed by atoms with Crippen molar-refractivity contribution in [1.82, 2.24) is 25.2 Å². The van der Waals surface area contributed by atoms with Crippen molar-refractivity contribution in [3.05, 3.63) is 83.3 Å². The number of pyridine rings is 1. The number of ether oxygens (including phenoxy) is 1.